The molecule has 0 radical (unpaired) electrons. The third kappa shape index (κ3) is 7.80. The largest absolute Gasteiger partial charge is 0.481 e. The van der Waals surface area contributed by atoms with E-state index in [1.54, 1.807) is 14.0 Å². The minimum absolute atomic E-state index is 0.0705. The number of likely N-dealkylation sites (N-methyl/N-ethyl adjacent to an activating group) is 1. The SMILES string of the molecule is CNC(C)C(=O)NC(C(=O)N1CC(NC(=O)CCC(=O)O)CC1C(=O)NC1CCCc2ccccc21)C(C)(C)C. The minimum Gasteiger partial charge on any atom is -0.481 e. The van der Waals surface area contributed by atoms with E-state index in [2.05, 4.69) is 27.3 Å². The Labute approximate surface area is 235 Å². The van der Waals surface area contributed by atoms with E-state index in [4.69, 9.17) is 5.11 Å². The van der Waals surface area contributed by atoms with Crippen molar-refractivity contribution in [2.45, 2.75) is 96.4 Å². The Kier molecular flexibility index (Phi) is 10.3. The number of carboxylic acid groups (broad SMARTS) is 1. The van der Waals surface area contributed by atoms with Crippen molar-refractivity contribution >= 4 is 29.6 Å². The first-order valence-electron chi connectivity index (χ1n) is 14.0. The first-order valence-corrected chi connectivity index (χ1v) is 14.0. The molecule has 1 fully saturated rings. The monoisotopic (exact) mass is 557 g/mol. The van der Waals surface area contributed by atoms with Crippen molar-refractivity contribution in [2.24, 2.45) is 5.41 Å². The minimum atomic E-state index is -1.08. The molecule has 1 aromatic rings. The summed E-state index contributed by atoms with van der Waals surface area (Å²) in [6, 6.07) is 4.97. The average Bonchev–Trinajstić information content (AvgIpc) is 3.33. The third-order valence-electron chi connectivity index (χ3n) is 7.73. The van der Waals surface area contributed by atoms with Crippen LogP contribution in [0.1, 0.15) is 77.0 Å². The molecule has 4 amide bonds. The van der Waals surface area contributed by atoms with Crippen LogP contribution in [0.4, 0.5) is 0 Å². The molecule has 1 saturated heterocycles. The van der Waals surface area contributed by atoms with E-state index in [1.807, 2.05) is 39.0 Å². The fourth-order valence-electron chi connectivity index (χ4n) is 5.34. The number of carboxylic acids is 1. The Hall–Kier alpha value is -3.47. The molecule has 5 atom stereocenters. The normalized spacial score (nSPS) is 22.0. The van der Waals surface area contributed by atoms with E-state index in [1.165, 1.54) is 10.5 Å². The van der Waals surface area contributed by atoms with Crippen LogP contribution in [0.3, 0.4) is 0 Å². The van der Waals surface area contributed by atoms with Gasteiger partial charge in [-0.2, -0.15) is 0 Å². The molecule has 5 unspecified atom stereocenters. The topological polar surface area (TPSA) is 157 Å². The van der Waals surface area contributed by atoms with Crippen LogP contribution in [0.25, 0.3) is 0 Å². The van der Waals surface area contributed by atoms with Crippen molar-refractivity contribution in [1.82, 2.24) is 26.2 Å². The molecule has 1 heterocycles. The Morgan fingerprint density at radius 1 is 1.07 bits per heavy atom. The number of hydrogen-bond acceptors (Lipinski definition) is 6. The Balaban J connectivity index is 1.84. The molecule has 220 valence electrons. The number of carbonyl (C=O) groups is 5. The number of amides is 4. The lowest BCUT2D eigenvalue weighted by atomic mass is 9.85. The number of nitrogens with one attached hydrogen (secondary N) is 4. The zero-order chi connectivity index (χ0) is 29.6. The Bertz CT molecular complexity index is 1120. The van der Waals surface area contributed by atoms with Crippen molar-refractivity contribution in [3.05, 3.63) is 35.4 Å². The molecule has 0 saturated carbocycles. The maximum atomic E-state index is 14.0. The molecule has 2 aliphatic rings. The van der Waals surface area contributed by atoms with Crippen LogP contribution in [0, 0.1) is 5.41 Å². The van der Waals surface area contributed by atoms with Gasteiger partial charge in [0.2, 0.25) is 23.6 Å². The first-order chi connectivity index (χ1) is 18.8. The van der Waals surface area contributed by atoms with Crippen LogP contribution in [-0.2, 0) is 30.4 Å². The van der Waals surface area contributed by atoms with Gasteiger partial charge in [-0.25, -0.2) is 0 Å². The molecule has 11 heteroatoms. The standard InChI is InChI=1S/C29H43N5O6/c1-17(30-5)26(38)33-25(29(2,3)4)28(40)34-16-19(31-23(35)13-14-24(36)37)15-22(34)27(39)32-21-12-8-10-18-9-6-7-11-20(18)21/h6-7,9,11,17,19,21-22,25,30H,8,10,12-16H2,1-5H3,(H,31,35)(H,32,39)(H,33,38)(H,36,37). The van der Waals surface area contributed by atoms with Gasteiger partial charge in [-0.05, 0) is 56.2 Å². The lowest BCUT2D eigenvalue weighted by molar-refractivity contribution is -0.144. The van der Waals surface area contributed by atoms with Crippen molar-refractivity contribution in [2.75, 3.05) is 13.6 Å². The third-order valence-corrected chi connectivity index (χ3v) is 7.73. The summed E-state index contributed by atoms with van der Waals surface area (Å²) in [5, 5.41) is 20.6. The quantitative estimate of drug-likeness (QED) is 0.290. The summed E-state index contributed by atoms with van der Waals surface area (Å²) in [6.45, 7) is 7.29. The van der Waals surface area contributed by atoms with Crippen LogP contribution in [0.15, 0.2) is 24.3 Å². The number of benzene rings is 1. The second kappa shape index (κ2) is 13.3. The average molecular weight is 558 g/mol. The molecule has 1 aliphatic carbocycles. The number of carbonyl (C=O) groups excluding carboxylic acids is 4. The Morgan fingerprint density at radius 2 is 1.77 bits per heavy atom. The predicted molar refractivity (Wildman–Crippen MR) is 149 cm³/mol. The van der Waals surface area contributed by atoms with Crippen LogP contribution in [0.5, 0.6) is 0 Å². The van der Waals surface area contributed by atoms with Crippen molar-refractivity contribution in [1.29, 1.82) is 0 Å². The van der Waals surface area contributed by atoms with Crippen molar-refractivity contribution < 1.29 is 29.1 Å². The molecule has 0 aromatic heterocycles. The number of nitrogens with zero attached hydrogens (tertiary/aromatic N) is 1. The van der Waals surface area contributed by atoms with Gasteiger partial charge < -0.3 is 31.3 Å². The molecule has 1 aliphatic heterocycles. The fraction of sp³-hybridized carbons (Fsp3) is 0.621. The fourth-order valence-corrected chi connectivity index (χ4v) is 5.34. The van der Waals surface area contributed by atoms with Gasteiger partial charge >= 0.3 is 5.97 Å². The molecular formula is C29H43N5O6. The summed E-state index contributed by atoms with van der Waals surface area (Å²) < 4.78 is 0. The molecule has 0 spiro atoms. The zero-order valence-electron chi connectivity index (χ0n) is 24.1. The van der Waals surface area contributed by atoms with Gasteiger partial charge in [0, 0.05) is 19.0 Å². The number of fused-ring (bicyclic) bond motifs is 1. The van der Waals surface area contributed by atoms with Gasteiger partial charge in [0.05, 0.1) is 18.5 Å². The van der Waals surface area contributed by atoms with Gasteiger partial charge in [-0.3, -0.25) is 24.0 Å². The van der Waals surface area contributed by atoms with E-state index >= 15 is 0 Å². The van der Waals surface area contributed by atoms with Crippen LogP contribution in [0.2, 0.25) is 0 Å². The van der Waals surface area contributed by atoms with Crippen LogP contribution < -0.4 is 21.3 Å². The maximum absolute atomic E-state index is 14.0. The number of hydrogen-bond donors (Lipinski definition) is 5. The highest BCUT2D eigenvalue weighted by atomic mass is 16.4. The molecule has 11 nitrogen and oxygen atoms in total. The van der Waals surface area contributed by atoms with Gasteiger partial charge in [-0.1, -0.05) is 45.0 Å². The predicted octanol–water partition coefficient (Wildman–Crippen LogP) is 1.27. The highest BCUT2D eigenvalue weighted by Crippen LogP contribution is 2.31. The number of rotatable bonds is 10. The van der Waals surface area contributed by atoms with Gasteiger partial charge in [0.15, 0.2) is 0 Å². The van der Waals surface area contributed by atoms with Crippen LogP contribution in [-0.4, -0.2) is 77.4 Å². The molecular weight excluding hydrogens is 514 g/mol. The van der Waals surface area contributed by atoms with E-state index in [-0.39, 0.29) is 43.7 Å². The molecule has 1 aromatic carbocycles. The maximum Gasteiger partial charge on any atom is 0.303 e. The molecule has 3 rings (SSSR count). The Morgan fingerprint density at radius 3 is 2.42 bits per heavy atom. The summed E-state index contributed by atoms with van der Waals surface area (Å²) >= 11 is 0. The summed E-state index contributed by atoms with van der Waals surface area (Å²) in [5.41, 5.74) is 1.60. The zero-order valence-corrected chi connectivity index (χ0v) is 24.1. The number of likely N-dealkylation sites (tertiary alicyclic amines) is 1. The molecule has 5 N–H and O–H groups in total. The van der Waals surface area contributed by atoms with E-state index in [0.717, 1.165) is 24.8 Å². The van der Waals surface area contributed by atoms with Crippen LogP contribution >= 0.6 is 0 Å². The summed E-state index contributed by atoms with van der Waals surface area (Å²) in [7, 11) is 1.65. The first kappa shape index (κ1) is 31.1. The second-order valence-corrected chi connectivity index (χ2v) is 11.9. The van der Waals surface area contributed by atoms with Gasteiger partial charge in [0.25, 0.3) is 0 Å². The summed E-state index contributed by atoms with van der Waals surface area (Å²) in [4.78, 5) is 65.3. The van der Waals surface area contributed by atoms with Gasteiger partial charge in [-0.15, -0.1) is 0 Å². The van der Waals surface area contributed by atoms with E-state index in [9.17, 15) is 24.0 Å². The van der Waals surface area contributed by atoms with E-state index in [0.29, 0.717) is 0 Å². The van der Waals surface area contributed by atoms with Crippen molar-refractivity contribution in [3.63, 3.8) is 0 Å². The highest BCUT2D eigenvalue weighted by Gasteiger charge is 2.45. The second-order valence-electron chi connectivity index (χ2n) is 11.9. The smallest absolute Gasteiger partial charge is 0.303 e. The van der Waals surface area contributed by atoms with Gasteiger partial charge in [0.1, 0.15) is 12.1 Å². The summed E-state index contributed by atoms with van der Waals surface area (Å²) in [6.07, 6.45) is 2.33. The number of aryl methyl sites for hydroxylation is 1. The number of aliphatic carboxylic acids is 1. The lowest BCUT2D eigenvalue weighted by Gasteiger charge is -2.36. The molecule has 40 heavy (non-hydrogen) atoms. The lowest BCUT2D eigenvalue weighted by Crippen LogP contribution is -2.59. The van der Waals surface area contributed by atoms with Crippen molar-refractivity contribution in [3.8, 4) is 0 Å². The van der Waals surface area contributed by atoms with E-state index < -0.39 is 47.4 Å². The summed E-state index contributed by atoms with van der Waals surface area (Å²) in [5.74, 6) is -2.60. The molecule has 0 bridgehead atoms. The highest BCUT2D eigenvalue weighted by molar-refractivity contribution is 5.94.